The summed E-state index contributed by atoms with van der Waals surface area (Å²) in [6.07, 6.45) is 3.65. The zero-order chi connectivity index (χ0) is 13.7. The number of hydrogen-bond acceptors (Lipinski definition) is 4. The summed E-state index contributed by atoms with van der Waals surface area (Å²) < 4.78 is 30.9. The SMILES string of the molecule is CNS(=O)(=O)c1ccc(NCCC2CCCO2)cc1. The smallest absolute Gasteiger partial charge is 0.240 e. The minimum atomic E-state index is -3.35. The first kappa shape index (κ1) is 14.3. The fraction of sp³-hybridized carbons (Fsp3) is 0.538. The van der Waals surface area contributed by atoms with Crippen molar-refractivity contribution < 1.29 is 13.2 Å². The Bertz CT molecular complexity index is 493. The molecule has 19 heavy (non-hydrogen) atoms. The number of benzene rings is 1. The molecule has 1 aromatic carbocycles. The van der Waals surface area contributed by atoms with Gasteiger partial charge in [-0.1, -0.05) is 0 Å². The summed E-state index contributed by atoms with van der Waals surface area (Å²) in [4.78, 5) is 0.277. The maximum atomic E-state index is 11.6. The van der Waals surface area contributed by atoms with Gasteiger partial charge in [0.2, 0.25) is 10.0 Å². The van der Waals surface area contributed by atoms with Crippen LogP contribution in [0, 0.1) is 0 Å². The number of anilines is 1. The number of nitrogens with one attached hydrogen (secondary N) is 2. The van der Waals surface area contributed by atoms with Crippen LogP contribution in [0.25, 0.3) is 0 Å². The van der Waals surface area contributed by atoms with Crippen LogP contribution in [0.5, 0.6) is 0 Å². The van der Waals surface area contributed by atoms with E-state index in [1.54, 1.807) is 24.3 Å². The monoisotopic (exact) mass is 284 g/mol. The topological polar surface area (TPSA) is 67.4 Å². The van der Waals surface area contributed by atoms with Gasteiger partial charge in [-0.15, -0.1) is 0 Å². The van der Waals surface area contributed by atoms with Gasteiger partial charge < -0.3 is 10.1 Å². The molecular weight excluding hydrogens is 264 g/mol. The van der Waals surface area contributed by atoms with Crippen molar-refractivity contribution >= 4 is 15.7 Å². The van der Waals surface area contributed by atoms with Crippen LogP contribution < -0.4 is 10.0 Å². The summed E-state index contributed by atoms with van der Waals surface area (Å²) in [5, 5.41) is 3.27. The van der Waals surface area contributed by atoms with Crippen molar-refractivity contribution in [2.24, 2.45) is 0 Å². The van der Waals surface area contributed by atoms with E-state index in [1.165, 1.54) is 7.05 Å². The lowest BCUT2D eigenvalue weighted by molar-refractivity contribution is 0.107. The molecule has 0 saturated carbocycles. The van der Waals surface area contributed by atoms with Crippen LogP contribution in [0.2, 0.25) is 0 Å². The lowest BCUT2D eigenvalue weighted by Gasteiger charge is -2.11. The van der Waals surface area contributed by atoms with Crippen LogP contribution in [0.4, 0.5) is 5.69 Å². The highest BCUT2D eigenvalue weighted by molar-refractivity contribution is 7.89. The number of rotatable bonds is 6. The van der Waals surface area contributed by atoms with Crippen molar-refractivity contribution in [3.8, 4) is 0 Å². The summed E-state index contributed by atoms with van der Waals surface area (Å²) in [6, 6.07) is 6.75. The summed E-state index contributed by atoms with van der Waals surface area (Å²) in [6.45, 7) is 1.71. The molecule has 1 fully saturated rings. The fourth-order valence-electron chi connectivity index (χ4n) is 2.12. The minimum absolute atomic E-state index is 0.277. The van der Waals surface area contributed by atoms with Crippen LogP contribution in [0.1, 0.15) is 19.3 Å². The van der Waals surface area contributed by atoms with E-state index in [2.05, 4.69) is 10.0 Å². The molecule has 0 radical (unpaired) electrons. The third-order valence-electron chi connectivity index (χ3n) is 3.25. The predicted octanol–water partition coefficient (Wildman–Crippen LogP) is 1.58. The van der Waals surface area contributed by atoms with Gasteiger partial charge >= 0.3 is 0 Å². The molecule has 1 aliphatic rings. The molecule has 1 heterocycles. The van der Waals surface area contributed by atoms with E-state index < -0.39 is 10.0 Å². The molecule has 1 aromatic rings. The molecule has 2 N–H and O–H groups in total. The van der Waals surface area contributed by atoms with Gasteiger partial charge in [-0.2, -0.15) is 0 Å². The van der Waals surface area contributed by atoms with Crippen molar-refractivity contribution in [3.63, 3.8) is 0 Å². The fourth-order valence-corrected chi connectivity index (χ4v) is 2.85. The summed E-state index contributed by atoms with van der Waals surface area (Å²) in [5.41, 5.74) is 0.924. The highest BCUT2D eigenvalue weighted by atomic mass is 32.2. The van der Waals surface area contributed by atoms with Gasteiger partial charge in [-0.05, 0) is 50.6 Å². The van der Waals surface area contributed by atoms with Crippen molar-refractivity contribution in [3.05, 3.63) is 24.3 Å². The van der Waals surface area contributed by atoms with Crippen molar-refractivity contribution in [1.82, 2.24) is 4.72 Å². The quantitative estimate of drug-likeness (QED) is 0.832. The minimum Gasteiger partial charge on any atom is -0.385 e. The largest absolute Gasteiger partial charge is 0.385 e. The van der Waals surface area contributed by atoms with E-state index in [4.69, 9.17) is 4.74 Å². The first-order valence-electron chi connectivity index (χ1n) is 6.51. The Labute approximate surface area is 114 Å². The van der Waals surface area contributed by atoms with E-state index in [-0.39, 0.29) is 4.90 Å². The molecule has 106 valence electrons. The zero-order valence-corrected chi connectivity index (χ0v) is 11.9. The third-order valence-corrected chi connectivity index (χ3v) is 4.68. The Morgan fingerprint density at radius 2 is 2.05 bits per heavy atom. The Morgan fingerprint density at radius 1 is 1.32 bits per heavy atom. The molecule has 1 atom stereocenters. The van der Waals surface area contributed by atoms with Crippen LogP contribution >= 0.6 is 0 Å². The second-order valence-corrected chi connectivity index (χ2v) is 6.47. The van der Waals surface area contributed by atoms with Gasteiger partial charge in [-0.25, -0.2) is 13.1 Å². The average molecular weight is 284 g/mol. The Morgan fingerprint density at radius 3 is 2.63 bits per heavy atom. The molecule has 0 aromatic heterocycles. The third kappa shape index (κ3) is 3.92. The molecule has 1 saturated heterocycles. The van der Waals surface area contributed by atoms with Gasteiger partial charge in [0.25, 0.3) is 0 Å². The highest BCUT2D eigenvalue weighted by Gasteiger charge is 2.14. The first-order valence-corrected chi connectivity index (χ1v) is 7.99. The molecule has 0 bridgehead atoms. The van der Waals surface area contributed by atoms with Gasteiger partial charge in [0.15, 0.2) is 0 Å². The van der Waals surface area contributed by atoms with E-state index in [0.29, 0.717) is 6.10 Å². The van der Waals surface area contributed by atoms with Gasteiger partial charge in [0, 0.05) is 18.8 Å². The van der Waals surface area contributed by atoms with Crippen LogP contribution in [0.3, 0.4) is 0 Å². The number of sulfonamides is 1. The standard InChI is InChI=1S/C13H20N2O3S/c1-14-19(16,17)13-6-4-11(5-7-13)15-9-8-12-3-2-10-18-12/h4-7,12,14-15H,2-3,8-10H2,1H3. The molecule has 0 amide bonds. The molecule has 6 heteroatoms. The lowest BCUT2D eigenvalue weighted by atomic mass is 10.2. The Balaban J connectivity index is 1.85. The van der Waals surface area contributed by atoms with Crippen LogP contribution in [0.15, 0.2) is 29.2 Å². The van der Waals surface area contributed by atoms with Gasteiger partial charge in [-0.3, -0.25) is 0 Å². The maximum Gasteiger partial charge on any atom is 0.240 e. The molecule has 2 rings (SSSR count). The van der Waals surface area contributed by atoms with Crippen LogP contribution in [-0.2, 0) is 14.8 Å². The average Bonchev–Trinajstić information content (AvgIpc) is 2.92. The molecule has 1 unspecified atom stereocenters. The normalized spacial score (nSPS) is 19.5. The summed E-state index contributed by atoms with van der Waals surface area (Å²) in [7, 11) is -1.94. The van der Waals surface area contributed by atoms with Gasteiger partial charge in [0.05, 0.1) is 11.0 Å². The zero-order valence-electron chi connectivity index (χ0n) is 11.1. The van der Waals surface area contributed by atoms with E-state index in [0.717, 1.165) is 38.1 Å². The van der Waals surface area contributed by atoms with Gasteiger partial charge in [0.1, 0.15) is 0 Å². The lowest BCUT2D eigenvalue weighted by Crippen LogP contribution is -2.18. The molecular formula is C13H20N2O3S. The molecule has 1 aliphatic heterocycles. The molecule has 0 aliphatic carbocycles. The summed E-state index contributed by atoms with van der Waals surface area (Å²) >= 11 is 0. The van der Waals surface area contributed by atoms with Crippen LogP contribution in [-0.4, -0.2) is 34.7 Å². The van der Waals surface area contributed by atoms with E-state index in [1.807, 2.05) is 0 Å². The Kier molecular flexibility index (Phi) is 4.79. The Hall–Kier alpha value is -1.11. The second kappa shape index (κ2) is 6.36. The predicted molar refractivity (Wildman–Crippen MR) is 74.8 cm³/mol. The summed E-state index contributed by atoms with van der Waals surface area (Å²) in [5.74, 6) is 0. The van der Waals surface area contributed by atoms with E-state index in [9.17, 15) is 8.42 Å². The molecule has 0 spiro atoms. The second-order valence-electron chi connectivity index (χ2n) is 4.58. The number of hydrogen-bond donors (Lipinski definition) is 2. The van der Waals surface area contributed by atoms with E-state index >= 15 is 0 Å². The maximum absolute atomic E-state index is 11.6. The first-order chi connectivity index (χ1) is 9.12. The number of ether oxygens (including phenoxy) is 1. The van der Waals surface area contributed by atoms with Crippen molar-refractivity contribution in [2.75, 3.05) is 25.5 Å². The van der Waals surface area contributed by atoms with Crippen molar-refractivity contribution in [2.45, 2.75) is 30.3 Å². The molecule has 5 nitrogen and oxygen atoms in total. The highest BCUT2D eigenvalue weighted by Crippen LogP contribution is 2.17. The van der Waals surface area contributed by atoms with Crippen molar-refractivity contribution in [1.29, 1.82) is 0 Å².